The number of nitrogens with zero attached hydrogens (tertiary/aromatic N) is 2. The van der Waals surface area contributed by atoms with Crippen LogP contribution in [0.4, 0.5) is 0 Å². The molecule has 1 aliphatic rings. The van der Waals surface area contributed by atoms with Crippen molar-refractivity contribution >= 4 is 17.2 Å². The number of amides is 1. The van der Waals surface area contributed by atoms with Crippen molar-refractivity contribution in [2.45, 2.75) is 6.61 Å². The van der Waals surface area contributed by atoms with E-state index in [1.807, 2.05) is 24.3 Å². The van der Waals surface area contributed by atoms with E-state index in [4.69, 9.17) is 14.2 Å². The molecule has 0 aliphatic carbocycles. The van der Waals surface area contributed by atoms with E-state index in [2.05, 4.69) is 4.98 Å². The van der Waals surface area contributed by atoms with Gasteiger partial charge in [-0.15, -0.1) is 11.3 Å². The molecule has 0 saturated carbocycles. The Hall–Kier alpha value is -2.12. The first-order chi connectivity index (χ1) is 11.3. The molecule has 1 aromatic heterocycles. The van der Waals surface area contributed by atoms with E-state index < -0.39 is 0 Å². The predicted molar refractivity (Wildman–Crippen MR) is 86.2 cm³/mol. The maximum Gasteiger partial charge on any atom is 0.273 e. The second-order valence-corrected chi connectivity index (χ2v) is 5.94. The number of hydrogen-bond donors (Lipinski definition) is 0. The van der Waals surface area contributed by atoms with Gasteiger partial charge >= 0.3 is 0 Å². The number of ether oxygens (including phenoxy) is 3. The largest absolute Gasteiger partial charge is 0.497 e. The Kier molecular flexibility index (Phi) is 5.09. The summed E-state index contributed by atoms with van der Waals surface area (Å²) in [5.41, 5.74) is 0.473. The molecular weight excluding hydrogens is 316 g/mol. The third-order valence-corrected chi connectivity index (χ3v) is 4.30. The van der Waals surface area contributed by atoms with E-state index in [1.54, 1.807) is 17.4 Å². The Morgan fingerprint density at radius 1 is 1.35 bits per heavy atom. The SMILES string of the molecule is COc1cccc(OCc2nc(C(=O)N3CCOCC3)cs2)c1. The molecule has 3 rings (SSSR count). The highest BCUT2D eigenvalue weighted by Crippen LogP contribution is 2.21. The molecule has 2 heterocycles. The minimum atomic E-state index is -0.0443. The molecule has 0 spiro atoms. The quantitative estimate of drug-likeness (QED) is 0.839. The van der Waals surface area contributed by atoms with Gasteiger partial charge in [-0.2, -0.15) is 0 Å². The van der Waals surface area contributed by atoms with Crippen LogP contribution in [-0.2, 0) is 11.3 Å². The van der Waals surface area contributed by atoms with Crippen LogP contribution in [0.2, 0.25) is 0 Å². The Morgan fingerprint density at radius 2 is 2.13 bits per heavy atom. The van der Waals surface area contributed by atoms with Gasteiger partial charge in [0.05, 0.1) is 20.3 Å². The highest BCUT2D eigenvalue weighted by Gasteiger charge is 2.20. The van der Waals surface area contributed by atoms with Crippen LogP contribution in [0.3, 0.4) is 0 Å². The van der Waals surface area contributed by atoms with Crippen LogP contribution in [0.5, 0.6) is 11.5 Å². The first-order valence-corrected chi connectivity index (χ1v) is 8.22. The van der Waals surface area contributed by atoms with E-state index in [0.717, 1.165) is 10.8 Å². The summed E-state index contributed by atoms with van der Waals surface area (Å²) in [7, 11) is 1.61. The molecule has 6 nitrogen and oxygen atoms in total. The maximum atomic E-state index is 12.3. The van der Waals surface area contributed by atoms with Crippen LogP contribution in [0.1, 0.15) is 15.5 Å². The number of carbonyl (C=O) groups excluding carboxylic acids is 1. The lowest BCUT2D eigenvalue weighted by atomic mass is 10.3. The fraction of sp³-hybridized carbons (Fsp3) is 0.375. The fourth-order valence-electron chi connectivity index (χ4n) is 2.24. The summed E-state index contributed by atoms with van der Waals surface area (Å²) >= 11 is 1.42. The van der Waals surface area contributed by atoms with Crippen LogP contribution in [0, 0.1) is 0 Å². The molecule has 23 heavy (non-hydrogen) atoms. The Bertz CT molecular complexity index is 668. The van der Waals surface area contributed by atoms with Crippen LogP contribution in [0.25, 0.3) is 0 Å². The van der Waals surface area contributed by atoms with Gasteiger partial charge in [0.2, 0.25) is 0 Å². The van der Waals surface area contributed by atoms with Crippen molar-refractivity contribution in [2.75, 3.05) is 33.4 Å². The van der Waals surface area contributed by atoms with Crippen LogP contribution >= 0.6 is 11.3 Å². The Labute approximate surface area is 138 Å². The summed E-state index contributed by atoms with van der Waals surface area (Å²) in [6.45, 7) is 2.73. The van der Waals surface area contributed by atoms with Crippen molar-refractivity contribution in [3.63, 3.8) is 0 Å². The highest BCUT2D eigenvalue weighted by molar-refractivity contribution is 7.09. The minimum Gasteiger partial charge on any atom is -0.497 e. The number of thiazole rings is 1. The highest BCUT2D eigenvalue weighted by atomic mass is 32.1. The van der Waals surface area contributed by atoms with Crippen molar-refractivity contribution in [3.8, 4) is 11.5 Å². The third kappa shape index (κ3) is 4.00. The first-order valence-electron chi connectivity index (χ1n) is 7.34. The van der Waals surface area contributed by atoms with Crippen LogP contribution < -0.4 is 9.47 Å². The number of rotatable bonds is 5. The van der Waals surface area contributed by atoms with E-state index in [9.17, 15) is 4.79 Å². The summed E-state index contributed by atoms with van der Waals surface area (Å²) in [6.07, 6.45) is 0. The Balaban J connectivity index is 1.59. The smallest absolute Gasteiger partial charge is 0.273 e. The van der Waals surface area contributed by atoms with Gasteiger partial charge in [-0.1, -0.05) is 6.07 Å². The summed E-state index contributed by atoms with van der Waals surface area (Å²) in [5.74, 6) is 1.41. The second kappa shape index (κ2) is 7.43. The number of morpholine rings is 1. The van der Waals surface area contributed by atoms with Crippen LogP contribution in [0.15, 0.2) is 29.6 Å². The molecule has 1 aliphatic heterocycles. The average Bonchev–Trinajstić information content (AvgIpc) is 3.09. The van der Waals surface area contributed by atoms with Gasteiger partial charge in [0.15, 0.2) is 0 Å². The molecule has 7 heteroatoms. The van der Waals surface area contributed by atoms with Gasteiger partial charge < -0.3 is 19.1 Å². The van der Waals surface area contributed by atoms with Gasteiger partial charge in [-0.05, 0) is 12.1 Å². The molecule has 0 bridgehead atoms. The van der Waals surface area contributed by atoms with Gasteiger partial charge in [0.1, 0.15) is 28.8 Å². The first kappa shape index (κ1) is 15.8. The molecule has 122 valence electrons. The topological polar surface area (TPSA) is 60.9 Å². The zero-order valence-electron chi connectivity index (χ0n) is 12.9. The third-order valence-electron chi connectivity index (χ3n) is 3.47. The molecule has 0 radical (unpaired) electrons. The predicted octanol–water partition coefficient (Wildman–Crippen LogP) is 2.20. The van der Waals surface area contributed by atoms with E-state index in [1.165, 1.54) is 11.3 Å². The lowest BCUT2D eigenvalue weighted by Gasteiger charge is -2.25. The van der Waals surface area contributed by atoms with Crippen molar-refractivity contribution in [1.29, 1.82) is 0 Å². The zero-order chi connectivity index (χ0) is 16.1. The standard InChI is InChI=1S/C16H18N2O4S/c1-20-12-3-2-4-13(9-12)22-10-15-17-14(11-23-15)16(19)18-5-7-21-8-6-18/h2-4,9,11H,5-8,10H2,1H3. The van der Waals surface area contributed by atoms with Crippen molar-refractivity contribution in [3.05, 3.63) is 40.3 Å². The molecule has 0 N–H and O–H groups in total. The van der Waals surface area contributed by atoms with Crippen molar-refractivity contribution in [2.24, 2.45) is 0 Å². The fourth-order valence-corrected chi connectivity index (χ4v) is 2.92. The number of benzene rings is 1. The van der Waals surface area contributed by atoms with Gasteiger partial charge in [-0.25, -0.2) is 4.98 Å². The number of carbonyl (C=O) groups is 1. The normalized spacial score (nSPS) is 14.6. The van der Waals surface area contributed by atoms with E-state index in [0.29, 0.717) is 44.4 Å². The molecule has 1 aromatic carbocycles. The van der Waals surface area contributed by atoms with Crippen LogP contribution in [-0.4, -0.2) is 49.2 Å². The number of aromatic nitrogens is 1. The Morgan fingerprint density at radius 3 is 2.91 bits per heavy atom. The molecule has 1 saturated heterocycles. The second-order valence-electron chi connectivity index (χ2n) is 5.00. The number of methoxy groups -OCH3 is 1. The molecule has 0 atom stereocenters. The number of hydrogen-bond acceptors (Lipinski definition) is 6. The molecule has 2 aromatic rings. The average molecular weight is 334 g/mol. The minimum absolute atomic E-state index is 0.0443. The molecule has 1 amide bonds. The van der Waals surface area contributed by atoms with Crippen molar-refractivity contribution < 1.29 is 19.0 Å². The van der Waals surface area contributed by atoms with Gasteiger partial charge in [0.25, 0.3) is 5.91 Å². The molecular formula is C16H18N2O4S. The summed E-state index contributed by atoms with van der Waals surface area (Å²) in [5, 5.41) is 2.55. The summed E-state index contributed by atoms with van der Waals surface area (Å²) in [6, 6.07) is 7.39. The molecule has 0 unspecified atom stereocenters. The van der Waals surface area contributed by atoms with E-state index in [-0.39, 0.29) is 5.91 Å². The lowest BCUT2D eigenvalue weighted by Crippen LogP contribution is -2.40. The summed E-state index contributed by atoms with van der Waals surface area (Å²) < 4.78 is 16.1. The van der Waals surface area contributed by atoms with Gasteiger partial charge in [0, 0.05) is 24.5 Å². The summed E-state index contributed by atoms with van der Waals surface area (Å²) in [4.78, 5) is 18.5. The van der Waals surface area contributed by atoms with E-state index >= 15 is 0 Å². The lowest BCUT2D eigenvalue weighted by molar-refractivity contribution is 0.0299. The monoisotopic (exact) mass is 334 g/mol. The van der Waals surface area contributed by atoms with Crippen molar-refractivity contribution in [1.82, 2.24) is 9.88 Å². The maximum absolute atomic E-state index is 12.3. The van der Waals surface area contributed by atoms with Gasteiger partial charge in [-0.3, -0.25) is 4.79 Å². The zero-order valence-corrected chi connectivity index (χ0v) is 13.7. The molecule has 1 fully saturated rings.